The summed E-state index contributed by atoms with van der Waals surface area (Å²) in [5.74, 6) is -5.53. The van der Waals surface area contributed by atoms with Crippen LogP contribution in [-0.2, 0) is 4.79 Å². The quantitative estimate of drug-likeness (QED) is 0.501. The third kappa shape index (κ3) is 3.93. The number of nitrogens with one attached hydrogen (secondary N) is 1. The van der Waals surface area contributed by atoms with Crippen molar-refractivity contribution in [3.63, 3.8) is 0 Å². The smallest absolute Gasteiger partial charge is 0.271 e. The molecule has 0 atom stereocenters. The summed E-state index contributed by atoms with van der Waals surface area (Å²) in [4.78, 5) is 21.6. The fourth-order valence-corrected chi connectivity index (χ4v) is 1.90. The van der Waals surface area contributed by atoms with Gasteiger partial charge in [-0.1, -0.05) is 11.6 Å². The second-order valence-corrected chi connectivity index (χ2v) is 4.84. The van der Waals surface area contributed by atoms with E-state index in [-0.39, 0.29) is 16.5 Å². The van der Waals surface area contributed by atoms with Crippen LogP contribution in [0.5, 0.6) is 5.75 Å². The lowest BCUT2D eigenvalue weighted by Crippen LogP contribution is -2.21. The number of carbonyl (C=O) groups excluding carboxylic acids is 1. The highest BCUT2D eigenvalue weighted by molar-refractivity contribution is 6.32. The molecule has 1 amide bonds. The molecule has 6 nitrogen and oxygen atoms in total. The zero-order valence-electron chi connectivity index (χ0n) is 11.7. The largest absolute Gasteiger partial charge is 0.482 e. The lowest BCUT2D eigenvalue weighted by Gasteiger charge is -2.09. The SMILES string of the molecule is O=C(COc1ccc([N+](=O)[O-])cc1Cl)Nc1ccc(F)c(F)c1F. The molecule has 24 heavy (non-hydrogen) atoms. The fourth-order valence-electron chi connectivity index (χ4n) is 1.67. The molecule has 2 aromatic carbocycles. The summed E-state index contributed by atoms with van der Waals surface area (Å²) in [5, 5.41) is 12.5. The zero-order chi connectivity index (χ0) is 17.9. The summed E-state index contributed by atoms with van der Waals surface area (Å²) in [6.45, 7) is -0.629. The first-order valence-corrected chi connectivity index (χ1v) is 6.67. The second-order valence-electron chi connectivity index (χ2n) is 4.43. The first-order chi connectivity index (χ1) is 11.3. The number of carbonyl (C=O) groups is 1. The molecule has 0 aliphatic rings. The molecule has 0 spiro atoms. The minimum atomic E-state index is -1.72. The van der Waals surface area contributed by atoms with Crippen LogP contribution < -0.4 is 10.1 Å². The number of non-ortho nitro benzene ring substituents is 1. The van der Waals surface area contributed by atoms with E-state index < -0.39 is 40.6 Å². The molecule has 0 aromatic heterocycles. The van der Waals surface area contributed by atoms with Crippen LogP contribution >= 0.6 is 11.6 Å². The summed E-state index contributed by atoms with van der Waals surface area (Å²) < 4.78 is 44.3. The Balaban J connectivity index is 2.01. The van der Waals surface area contributed by atoms with Crippen LogP contribution in [0.15, 0.2) is 30.3 Å². The molecule has 0 saturated carbocycles. The average molecular weight is 361 g/mol. The molecular weight excluding hydrogens is 353 g/mol. The van der Waals surface area contributed by atoms with Crippen LogP contribution in [0.1, 0.15) is 0 Å². The highest BCUT2D eigenvalue weighted by Crippen LogP contribution is 2.28. The molecule has 0 aliphatic heterocycles. The van der Waals surface area contributed by atoms with Gasteiger partial charge in [-0.3, -0.25) is 14.9 Å². The topological polar surface area (TPSA) is 81.5 Å². The molecule has 0 bridgehead atoms. The van der Waals surface area contributed by atoms with E-state index in [4.69, 9.17) is 16.3 Å². The molecular formula is C14H8ClF3N2O4. The first kappa shape index (κ1) is 17.5. The Morgan fingerprint density at radius 2 is 1.92 bits per heavy atom. The highest BCUT2D eigenvalue weighted by atomic mass is 35.5. The number of hydrogen-bond acceptors (Lipinski definition) is 4. The highest BCUT2D eigenvalue weighted by Gasteiger charge is 2.16. The molecule has 0 unspecified atom stereocenters. The maximum atomic E-state index is 13.4. The van der Waals surface area contributed by atoms with Gasteiger partial charge in [0.05, 0.1) is 15.6 Å². The predicted molar refractivity (Wildman–Crippen MR) is 78.5 cm³/mol. The summed E-state index contributed by atoms with van der Waals surface area (Å²) in [7, 11) is 0. The maximum Gasteiger partial charge on any atom is 0.271 e. The van der Waals surface area contributed by atoms with Crippen molar-refractivity contribution in [1.29, 1.82) is 0 Å². The van der Waals surface area contributed by atoms with Gasteiger partial charge in [-0.05, 0) is 18.2 Å². The number of nitro benzene ring substituents is 1. The van der Waals surface area contributed by atoms with Crippen molar-refractivity contribution in [2.45, 2.75) is 0 Å². The number of benzene rings is 2. The van der Waals surface area contributed by atoms with Crippen LogP contribution in [0.25, 0.3) is 0 Å². The molecule has 0 aliphatic carbocycles. The number of ether oxygens (including phenoxy) is 1. The van der Waals surface area contributed by atoms with E-state index in [0.717, 1.165) is 18.2 Å². The summed E-state index contributed by atoms with van der Waals surface area (Å²) in [6, 6.07) is 4.84. The van der Waals surface area contributed by atoms with Gasteiger partial charge >= 0.3 is 0 Å². The maximum absolute atomic E-state index is 13.4. The van der Waals surface area contributed by atoms with E-state index in [1.807, 2.05) is 5.32 Å². The minimum absolute atomic E-state index is 0.0109. The van der Waals surface area contributed by atoms with Crippen molar-refractivity contribution in [2.75, 3.05) is 11.9 Å². The fraction of sp³-hybridized carbons (Fsp3) is 0.0714. The standard InChI is InChI=1S/C14H8ClF3N2O4/c15-8-5-7(20(22)23)1-4-11(8)24-6-12(21)19-10-3-2-9(16)13(17)14(10)18/h1-5H,6H2,(H,19,21). The van der Waals surface area contributed by atoms with Crippen LogP contribution in [0, 0.1) is 27.6 Å². The van der Waals surface area contributed by atoms with Gasteiger partial charge in [0.1, 0.15) is 5.75 Å². The van der Waals surface area contributed by atoms with Gasteiger partial charge in [0.15, 0.2) is 24.1 Å². The molecule has 0 heterocycles. The van der Waals surface area contributed by atoms with Crippen molar-refractivity contribution in [1.82, 2.24) is 0 Å². The Bertz CT molecular complexity index is 817. The molecule has 126 valence electrons. The Morgan fingerprint density at radius 3 is 2.54 bits per heavy atom. The Morgan fingerprint density at radius 1 is 1.21 bits per heavy atom. The normalized spacial score (nSPS) is 10.3. The van der Waals surface area contributed by atoms with Crippen LogP contribution in [0.4, 0.5) is 24.5 Å². The number of anilines is 1. The number of hydrogen-bond donors (Lipinski definition) is 1. The molecule has 1 N–H and O–H groups in total. The van der Waals surface area contributed by atoms with Crippen molar-refractivity contribution in [3.8, 4) is 5.75 Å². The van der Waals surface area contributed by atoms with E-state index in [1.165, 1.54) is 6.07 Å². The summed E-state index contributed by atoms with van der Waals surface area (Å²) in [6.07, 6.45) is 0. The number of halogens is 4. The molecule has 0 saturated heterocycles. The number of amides is 1. The van der Waals surface area contributed by atoms with Gasteiger partial charge in [-0.25, -0.2) is 13.2 Å². The monoisotopic (exact) mass is 360 g/mol. The lowest BCUT2D eigenvalue weighted by atomic mass is 10.2. The van der Waals surface area contributed by atoms with Crippen LogP contribution in [0.2, 0.25) is 5.02 Å². The van der Waals surface area contributed by atoms with Crippen LogP contribution in [-0.4, -0.2) is 17.4 Å². The second kappa shape index (κ2) is 7.18. The third-order valence-electron chi connectivity index (χ3n) is 2.79. The van der Waals surface area contributed by atoms with Crippen molar-refractivity contribution in [3.05, 3.63) is 62.9 Å². The molecule has 10 heteroatoms. The average Bonchev–Trinajstić information content (AvgIpc) is 2.54. The number of nitrogens with zero attached hydrogens (tertiary/aromatic N) is 1. The van der Waals surface area contributed by atoms with Gasteiger partial charge in [0, 0.05) is 12.1 Å². The lowest BCUT2D eigenvalue weighted by molar-refractivity contribution is -0.384. The Hall–Kier alpha value is -2.81. The van der Waals surface area contributed by atoms with Crippen molar-refractivity contribution >= 4 is 28.9 Å². The van der Waals surface area contributed by atoms with Gasteiger partial charge in [-0.15, -0.1) is 0 Å². The first-order valence-electron chi connectivity index (χ1n) is 6.29. The van der Waals surface area contributed by atoms with Gasteiger partial charge < -0.3 is 10.1 Å². The number of rotatable bonds is 5. The Labute approximate surface area is 137 Å². The molecule has 0 fully saturated rings. The van der Waals surface area contributed by atoms with E-state index in [2.05, 4.69) is 0 Å². The van der Waals surface area contributed by atoms with Crippen molar-refractivity contribution < 1.29 is 27.6 Å². The van der Waals surface area contributed by atoms with Gasteiger partial charge in [-0.2, -0.15) is 0 Å². The zero-order valence-corrected chi connectivity index (χ0v) is 12.4. The number of nitro groups is 1. The molecule has 0 radical (unpaired) electrons. The minimum Gasteiger partial charge on any atom is -0.482 e. The van der Waals surface area contributed by atoms with Gasteiger partial charge in [0.2, 0.25) is 0 Å². The van der Waals surface area contributed by atoms with E-state index in [0.29, 0.717) is 6.07 Å². The van der Waals surface area contributed by atoms with Gasteiger partial charge in [0.25, 0.3) is 11.6 Å². The van der Waals surface area contributed by atoms with E-state index >= 15 is 0 Å². The molecule has 2 rings (SSSR count). The predicted octanol–water partition coefficient (Wildman–Crippen LogP) is 3.68. The summed E-state index contributed by atoms with van der Waals surface area (Å²) in [5.41, 5.74) is -0.821. The Kier molecular flexibility index (Phi) is 5.24. The van der Waals surface area contributed by atoms with E-state index in [1.54, 1.807) is 0 Å². The van der Waals surface area contributed by atoms with E-state index in [9.17, 15) is 28.1 Å². The van der Waals surface area contributed by atoms with Crippen molar-refractivity contribution in [2.24, 2.45) is 0 Å². The van der Waals surface area contributed by atoms with Crippen LogP contribution in [0.3, 0.4) is 0 Å². The third-order valence-corrected chi connectivity index (χ3v) is 3.09. The summed E-state index contributed by atoms with van der Waals surface area (Å²) >= 11 is 5.77. The molecule has 2 aromatic rings.